The van der Waals surface area contributed by atoms with E-state index in [0.717, 1.165) is 5.56 Å². The van der Waals surface area contributed by atoms with Gasteiger partial charge in [0.1, 0.15) is 24.7 Å². The minimum Gasteiger partial charge on any atom is -0.465 e. The van der Waals surface area contributed by atoms with Crippen LogP contribution in [0, 0.1) is 5.92 Å². The molecule has 2 heterocycles. The molecular formula is C18H21NO7. The molecule has 0 N–H and O–H groups in total. The lowest BCUT2D eigenvalue weighted by atomic mass is 9.94. The molecule has 8 nitrogen and oxygen atoms in total. The van der Waals surface area contributed by atoms with Crippen molar-refractivity contribution >= 4 is 17.9 Å². The van der Waals surface area contributed by atoms with Gasteiger partial charge in [-0.1, -0.05) is 30.3 Å². The van der Waals surface area contributed by atoms with E-state index in [4.69, 9.17) is 19.0 Å². The summed E-state index contributed by atoms with van der Waals surface area (Å²) in [5.41, 5.74) is 0.923. The Morgan fingerprint density at radius 2 is 1.92 bits per heavy atom. The van der Waals surface area contributed by atoms with Crippen LogP contribution in [-0.2, 0) is 40.0 Å². The highest BCUT2D eigenvalue weighted by atomic mass is 16.7. The number of cyclic esters (lactones) is 1. The summed E-state index contributed by atoms with van der Waals surface area (Å²) in [6, 6.07) is 8.53. The number of carbonyl (C=O) groups is 3. The van der Waals surface area contributed by atoms with Crippen LogP contribution in [0.1, 0.15) is 19.4 Å². The zero-order chi connectivity index (χ0) is 18.7. The maximum absolute atomic E-state index is 12.5. The van der Waals surface area contributed by atoms with Crippen LogP contribution >= 0.6 is 0 Å². The number of hydroxylamine groups is 2. The third kappa shape index (κ3) is 3.71. The summed E-state index contributed by atoms with van der Waals surface area (Å²) >= 11 is 0. The molecule has 0 unspecified atom stereocenters. The molecule has 26 heavy (non-hydrogen) atoms. The van der Waals surface area contributed by atoms with Crippen molar-refractivity contribution in [2.45, 2.75) is 38.6 Å². The van der Waals surface area contributed by atoms with Gasteiger partial charge in [-0.05, 0) is 12.5 Å². The molecule has 0 saturated carbocycles. The molecule has 2 fully saturated rings. The maximum atomic E-state index is 12.5. The number of esters is 3. The van der Waals surface area contributed by atoms with Gasteiger partial charge in [-0.15, -0.1) is 0 Å². The molecule has 140 valence electrons. The first kappa shape index (κ1) is 18.3. The van der Waals surface area contributed by atoms with E-state index >= 15 is 0 Å². The highest BCUT2D eigenvalue weighted by molar-refractivity contribution is 5.87. The summed E-state index contributed by atoms with van der Waals surface area (Å²) in [6.45, 7) is 3.36. The van der Waals surface area contributed by atoms with E-state index in [2.05, 4.69) is 0 Å². The molecule has 2 saturated heterocycles. The van der Waals surface area contributed by atoms with Gasteiger partial charge in [0.05, 0.1) is 13.2 Å². The van der Waals surface area contributed by atoms with Crippen LogP contribution in [0.2, 0.25) is 0 Å². The topological polar surface area (TPSA) is 91.4 Å². The average Bonchev–Trinajstić information content (AvgIpc) is 3.12. The molecular weight excluding hydrogens is 342 g/mol. The van der Waals surface area contributed by atoms with E-state index in [1.54, 1.807) is 6.92 Å². The standard InChI is InChI=1S/C18H21NO7/c1-3-23-18(22)15-14-16(13(25-17(14)21)10-24-11(2)20)26-19(15)9-12-7-5-4-6-8-12/h4-8,13-16H,3,9-10H2,1-2H3/t13-,14-,15+,16-/m1/s1. The number of fused-ring (bicyclic) bond motifs is 1. The predicted molar refractivity (Wildman–Crippen MR) is 87.3 cm³/mol. The summed E-state index contributed by atoms with van der Waals surface area (Å²) in [7, 11) is 0. The zero-order valence-corrected chi connectivity index (χ0v) is 14.6. The average molecular weight is 363 g/mol. The van der Waals surface area contributed by atoms with Crippen molar-refractivity contribution in [3.63, 3.8) is 0 Å². The van der Waals surface area contributed by atoms with Gasteiger partial charge < -0.3 is 14.2 Å². The first-order chi connectivity index (χ1) is 12.5. The molecule has 4 atom stereocenters. The molecule has 0 radical (unpaired) electrons. The quantitative estimate of drug-likeness (QED) is 0.542. The van der Waals surface area contributed by atoms with Gasteiger partial charge in [-0.25, -0.2) is 0 Å². The Hall–Kier alpha value is -2.45. The Balaban J connectivity index is 1.81. The normalized spacial score (nSPS) is 27.7. The molecule has 2 aliphatic rings. The summed E-state index contributed by atoms with van der Waals surface area (Å²) < 4.78 is 15.3. The Labute approximate surface area is 150 Å². The zero-order valence-electron chi connectivity index (χ0n) is 14.6. The lowest BCUT2D eigenvalue weighted by molar-refractivity contribution is -0.206. The highest BCUT2D eigenvalue weighted by Gasteiger charge is 2.60. The van der Waals surface area contributed by atoms with Gasteiger partial charge in [0.15, 0.2) is 6.10 Å². The van der Waals surface area contributed by atoms with E-state index in [0.29, 0.717) is 6.54 Å². The number of benzene rings is 1. The Morgan fingerprint density at radius 3 is 2.58 bits per heavy atom. The fraction of sp³-hybridized carbons (Fsp3) is 0.500. The number of ether oxygens (including phenoxy) is 3. The van der Waals surface area contributed by atoms with Crippen molar-refractivity contribution in [3.05, 3.63) is 35.9 Å². The Kier molecular flexibility index (Phi) is 5.53. The van der Waals surface area contributed by atoms with Crippen LogP contribution in [-0.4, -0.2) is 54.4 Å². The first-order valence-electron chi connectivity index (χ1n) is 8.49. The lowest BCUT2D eigenvalue weighted by Crippen LogP contribution is -2.42. The second kappa shape index (κ2) is 7.84. The fourth-order valence-electron chi connectivity index (χ4n) is 3.22. The largest absolute Gasteiger partial charge is 0.465 e. The molecule has 1 aromatic carbocycles. The molecule has 0 spiro atoms. The summed E-state index contributed by atoms with van der Waals surface area (Å²) in [5, 5.41) is 1.46. The third-order valence-corrected chi connectivity index (χ3v) is 4.33. The molecule has 0 amide bonds. The minimum atomic E-state index is -0.907. The van der Waals surface area contributed by atoms with Gasteiger partial charge in [-0.3, -0.25) is 19.2 Å². The van der Waals surface area contributed by atoms with Crippen LogP contribution in [0.4, 0.5) is 0 Å². The number of nitrogens with zero attached hydrogens (tertiary/aromatic N) is 1. The second-order valence-electron chi connectivity index (χ2n) is 6.13. The number of hydrogen-bond donors (Lipinski definition) is 0. The van der Waals surface area contributed by atoms with Crippen LogP contribution in [0.3, 0.4) is 0 Å². The van der Waals surface area contributed by atoms with E-state index in [1.165, 1.54) is 12.0 Å². The van der Waals surface area contributed by atoms with Crippen molar-refractivity contribution in [1.29, 1.82) is 0 Å². The van der Waals surface area contributed by atoms with Gasteiger partial charge in [0.2, 0.25) is 0 Å². The molecule has 0 aliphatic carbocycles. The molecule has 0 bridgehead atoms. The smallest absolute Gasteiger partial charge is 0.326 e. The molecule has 8 heteroatoms. The van der Waals surface area contributed by atoms with Crippen LogP contribution in [0.25, 0.3) is 0 Å². The fourth-order valence-corrected chi connectivity index (χ4v) is 3.22. The summed E-state index contributed by atoms with van der Waals surface area (Å²) in [4.78, 5) is 41.8. The van der Waals surface area contributed by atoms with Crippen molar-refractivity contribution in [2.75, 3.05) is 13.2 Å². The first-order valence-corrected chi connectivity index (χ1v) is 8.49. The second-order valence-corrected chi connectivity index (χ2v) is 6.13. The van der Waals surface area contributed by atoms with E-state index in [1.807, 2.05) is 30.3 Å². The van der Waals surface area contributed by atoms with E-state index in [-0.39, 0.29) is 13.2 Å². The van der Waals surface area contributed by atoms with Crippen molar-refractivity contribution in [1.82, 2.24) is 5.06 Å². The SMILES string of the molecule is CCOC(=O)[C@@H]1[C@H]2C(=O)O[C@H](COC(C)=O)[C@H]2ON1Cc1ccccc1. The van der Waals surface area contributed by atoms with E-state index < -0.39 is 42.1 Å². The van der Waals surface area contributed by atoms with Crippen LogP contribution < -0.4 is 0 Å². The van der Waals surface area contributed by atoms with Gasteiger partial charge in [-0.2, -0.15) is 5.06 Å². The Morgan fingerprint density at radius 1 is 1.19 bits per heavy atom. The van der Waals surface area contributed by atoms with Crippen molar-refractivity contribution < 1.29 is 33.4 Å². The molecule has 3 rings (SSSR count). The van der Waals surface area contributed by atoms with Gasteiger partial charge >= 0.3 is 17.9 Å². The molecule has 1 aromatic rings. The van der Waals surface area contributed by atoms with Gasteiger partial charge in [0, 0.05) is 6.92 Å². The molecule has 0 aromatic heterocycles. The lowest BCUT2D eigenvalue weighted by Gasteiger charge is -2.24. The van der Waals surface area contributed by atoms with Crippen molar-refractivity contribution in [3.8, 4) is 0 Å². The number of carbonyl (C=O) groups excluding carboxylic acids is 3. The van der Waals surface area contributed by atoms with Crippen LogP contribution in [0.15, 0.2) is 30.3 Å². The van der Waals surface area contributed by atoms with Gasteiger partial charge in [0.25, 0.3) is 0 Å². The minimum absolute atomic E-state index is 0.114. The number of hydrogen-bond acceptors (Lipinski definition) is 8. The van der Waals surface area contributed by atoms with Crippen LogP contribution in [0.5, 0.6) is 0 Å². The van der Waals surface area contributed by atoms with E-state index in [9.17, 15) is 14.4 Å². The highest BCUT2D eigenvalue weighted by Crippen LogP contribution is 2.38. The number of rotatable bonds is 6. The summed E-state index contributed by atoms with van der Waals surface area (Å²) in [5.74, 6) is -2.40. The predicted octanol–water partition coefficient (Wildman–Crippen LogP) is 0.839. The monoisotopic (exact) mass is 363 g/mol. The third-order valence-electron chi connectivity index (χ3n) is 4.33. The van der Waals surface area contributed by atoms with Crippen molar-refractivity contribution in [2.24, 2.45) is 5.92 Å². The maximum Gasteiger partial charge on any atom is 0.326 e. The summed E-state index contributed by atoms with van der Waals surface area (Å²) in [6.07, 6.45) is -1.46. The molecule has 2 aliphatic heterocycles. The Bertz CT molecular complexity index is 677.